The SMILES string of the molecule is CC1CCCC(C)N1CC=CC(=O)N1CCc2c(sc3ncnc(Nc4ccc(F)c(Cl)c4)c23)C1. The molecule has 0 bridgehead atoms. The highest BCUT2D eigenvalue weighted by molar-refractivity contribution is 7.19. The van der Waals surface area contributed by atoms with Gasteiger partial charge >= 0.3 is 0 Å². The molecule has 2 aliphatic heterocycles. The number of thiophene rings is 1. The topological polar surface area (TPSA) is 61.4 Å². The lowest BCUT2D eigenvalue weighted by Crippen LogP contribution is -2.43. The Labute approximate surface area is 213 Å². The Balaban J connectivity index is 1.30. The molecule has 5 rings (SSSR count). The number of hydrogen-bond donors (Lipinski definition) is 1. The Morgan fingerprint density at radius 1 is 1.29 bits per heavy atom. The van der Waals surface area contributed by atoms with Crippen molar-refractivity contribution in [2.75, 3.05) is 18.4 Å². The highest BCUT2D eigenvalue weighted by Crippen LogP contribution is 2.38. The summed E-state index contributed by atoms with van der Waals surface area (Å²) in [6.07, 6.45) is 9.74. The molecular formula is C26H29ClFN5OS. The molecule has 6 nitrogen and oxygen atoms in total. The number of fused-ring (bicyclic) bond motifs is 3. The Morgan fingerprint density at radius 2 is 2.09 bits per heavy atom. The molecule has 0 saturated carbocycles. The first-order chi connectivity index (χ1) is 16.9. The molecule has 1 fully saturated rings. The molecule has 2 aromatic heterocycles. The van der Waals surface area contributed by atoms with Gasteiger partial charge in [-0.3, -0.25) is 9.69 Å². The number of rotatable bonds is 5. The van der Waals surface area contributed by atoms with Crippen LogP contribution < -0.4 is 5.32 Å². The maximum absolute atomic E-state index is 13.6. The van der Waals surface area contributed by atoms with Gasteiger partial charge in [-0.1, -0.05) is 24.1 Å². The lowest BCUT2D eigenvalue weighted by atomic mass is 9.97. The fourth-order valence-electron chi connectivity index (χ4n) is 5.14. The number of nitrogens with zero attached hydrogens (tertiary/aromatic N) is 4. The van der Waals surface area contributed by atoms with Gasteiger partial charge in [-0.2, -0.15) is 0 Å². The summed E-state index contributed by atoms with van der Waals surface area (Å²) in [6, 6.07) is 5.62. The Kier molecular flexibility index (Phi) is 7.05. The average molecular weight is 514 g/mol. The van der Waals surface area contributed by atoms with Crippen LogP contribution >= 0.6 is 22.9 Å². The van der Waals surface area contributed by atoms with Crippen LogP contribution in [0.5, 0.6) is 0 Å². The predicted octanol–water partition coefficient (Wildman–Crippen LogP) is 5.93. The van der Waals surface area contributed by atoms with Crippen molar-refractivity contribution in [3.8, 4) is 0 Å². The van der Waals surface area contributed by atoms with E-state index < -0.39 is 5.82 Å². The minimum absolute atomic E-state index is 0.0517. The zero-order chi connectivity index (χ0) is 24.5. The van der Waals surface area contributed by atoms with Crippen LogP contribution in [0.25, 0.3) is 10.2 Å². The monoisotopic (exact) mass is 513 g/mol. The summed E-state index contributed by atoms with van der Waals surface area (Å²) in [4.78, 5) is 28.2. The van der Waals surface area contributed by atoms with E-state index >= 15 is 0 Å². The summed E-state index contributed by atoms with van der Waals surface area (Å²) in [6.45, 7) is 6.58. The molecular weight excluding hydrogens is 485 g/mol. The standard InChI is InChI=1S/C26H29ClFN5OS/c1-16-5-3-6-17(2)33(16)11-4-7-23(34)32-12-10-19-22(14-32)35-26-24(19)25(29-15-30-26)31-18-8-9-21(28)20(27)13-18/h4,7-9,13,15-17H,3,5-6,10-12,14H2,1-2H3,(H,29,30,31). The van der Waals surface area contributed by atoms with Crippen molar-refractivity contribution >= 4 is 50.6 Å². The third kappa shape index (κ3) is 5.06. The van der Waals surface area contributed by atoms with Gasteiger partial charge in [-0.15, -0.1) is 11.3 Å². The van der Waals surface area contributed by atoms with Gasteiger partial charge in [0.25, 0.3) is 0 Å². The molecule has 184 valence electrons. The van der Waals surface area contributed by atoms with Crippen molar-refractivity contribution in [2.24, 2.45) is 0 Å². The number of benzene rings is 1. The maximum Gasteiger partial charge on any atom is 0.246 e. The van der Waals surface area contributed by atoms with Crippen LogP contribution in [0.3, 0.4) is 0 Å². The van der Waals surface area contributed by atoms with Gasteiger partial charge in [0.05, 0.1) is 17.0 Å². The van der Waals surface area contributed by atoms with E-state index in [9.17, 15) is 9.18 Å². The fourth-order valence-corrected chi connectivity index (χ4v) is 6.52. The third-order valence-electron chi connectivity index (χ3n) is 7.08. The van der Waals surface area contributed by atoms with Crippen LogP contribution in [-0.2, 0) is 17.8 Å². The lowest BCUT2D eigenvalue weighted by Gasteiger charge is -2.38. The van der Waals surface area contributed by atoms with E-state index in [1.165, 1.54) is 37.2 Å². The minimum Gasteiger partial charge on any atom is -0.340 e. The first-order valence-corrected chi connectivity index (χ1v) is 13.3. The van der Waals surface area contributed by atoms with E-state index in [-0.39, 0.29) is 10.9 Å². The number of likely N-dealkylation sites (tertiary alicyclic amines) is 1. The normalized spacial score (nSPS) is 21.0. The Hall–Kier alpha value is -2.55. The molecule has 35 heavy (non-hydrogen) atoms. The maximum atomic E-state index is 13.6. The molecule has 4 heterocycles. The predicted molar refractivity (Wildman–Crippen MR) is 140 cm³/mol. The second kappa shape index (κ2) is 10.2. The Morgan fingerprint density at radius 3 is 2.86 bits per heavy atom. The molecule has 1 aromatic carbocycles. The summed E-state index contributed by atoms with van der Waals surface area (Å²) in [7, 11) is 0. The van der Waals surface area contributed by atoms with Crippen molar-refractivity contribution in [1.29, 1.82) is 0 Å². The summed E-state index contributed by atoms with van der Waals surface area (Å²) in [5.74, 6) is 0.257. The number of amides is 1. The lowest BCUT2D eigenvalue weighted by molar-refractivity contribution is -0.126. The molecule has 0 aliphatic carbocycles. The van der Waals surface area contributed by atoms with E-state index in [2.05, 4.69) is 34.0 Å². The van der Waals surface area contributed by atoms with Gasteiger partial charge in [-0.05, 0) is 56.9 Å². The van der Waals surface area contributed by atoms with E-state index in [4.69, 9.17) is 11.6 Å². The molecule has 3 aromatic rings. The van der Waals surface area contributed by atoms with Crippen LogP contribution in [0.1, 0.15) is 43.6 Å². The largest absolute Gasteiger partial charge is 0.340 e. The Bertz CT molecular complexity index is 1270. The third-order valence-corrected chi connectivity index (χ3v) is 8.50. The second-order valence-corrected chi connectivity index (χ2v) is 10.9. The van der Waals surface area contributed by atoms with E-state index in [0.29, 0.717) is 36.7 Å². The van der Waals surface area contributed by atoms with Gasteiger partial charge in [0.1, 0.15) is 22.8 Å². The molecule has 0 radical (unpaired) electrons. The van der Waals surface area contributed by atoms with E-state index in [1.807, 2.05) is 11.0 Å². The molecule has 2 atom stereocenters. The summed E-state index contributed by atoms with van der Waals surface area (Å²) in [5, 5.41) is 4.28. The molecule has 0 spiro atoms. The van der Waals surface area contributed by atoms with Gasteiger partial charge in [0.15, 0.2) is 0 Å². The number of nitrogens with one attached hydrogen (secondary N) is 1. The molecule has 9 heteroatoms. The van der Waals surface area contributed by atoms with Gasteiger partial charge in [0.2, 0.25) is 5.91 Å². The minimum atomic E-state index is -0.461. The quantitative estimate of drug-likeness (QED) is 0.428. The molecule has 1 amide bonds. The second-order valence-electron chi connectivity index (χ2n) is 9.40. The first kappa shape index (κ1) is 24.2. The van der Waals surface area contributed by atoms with Crippen molar-refractivity contribution in [1.82, 2.24) is 19.8 Å². The first-order valence-electron chi connectivity index (χ1n) is 12.1. The highest BCUT2D eigenvalue weighted by Gasteiger charge is 2.26. The van der Waals surface area contributed by atoms with Crippen molar-refractivity contribution < 1.29 is 9.18 Å². The fraction of sp³-hybridized carbons (Fsp3) is 0.423. The van der Waals surface area contributed by atoms with Gasteiger partial charge < -0.3 is 10.2 Å². The van der Waals surface area contributed by atoms with Crippen LogP contribution in [0.2, 0.25) is 5.02 Å². The summed E-state index contributed by atoms with van der Waals surface area (Å²) in [5.41, 5.74) is 1.83. The van der Waals surface area contributed by atoms with Crippen molar-refractivity contribution in [3.63, 3.8) is 0 Å². The highest BCUT2D eigenvalue weighted by atomic mass is 35.5. The number of halogens is 2. The average Bonchev–Trinajstić information content (AvgIpc) is 3.22. The van der Waals surface area contributed by atoms with Crippen LogP contribution in [-0.4, -0.2) is 50.8 Å². The smallest absolute Gasteiger partial charge is 0.246 e. The zero-order valence-electron chi connectivity index (χ0n) is 19.9. The number of hydrogen-bond acceptors (Lipinski definition) is 6. The number of piperidine rings is 1. The van der Waals surface area contributed by atoms with Gasteiger partial charge in [0, 0.05) is 41.8 Å². The van der Waals surface area contributed by atoms with E-state index in [1.54, 1.807) is 29.5 Å². The zero-order valence-corrected chi connectivity index (χ0v) is 21.5. The molecule has 1 N–H and O–H groups in total. The van der Waals surface area contributed by atoms with Crippen molar-refractivity contribution in [3.05, 3.63) is 58.0 Å². The summed E-state index contributed by atoms with van der Waals surface area (Å²) < 4.78 is 13.6. The number of aromatic nitrogens is 2. The number of anilines is 2. The number of carbonyl (C=O) groups excluding carboxylic acids is 1. The molecule has 1 saturated heterocycles. The molecule has 2 aliphatic rings. The summed E-state index contributed by atoms with van der Waals surface area (Å²) >= 11 is 7.54. The van der Waals surface area contributed by atoms with Crippen molar-refractivity contribution in [2.45, 2.75) is 58.2 Å². The van der Waals surface area contributed by atoms with Crippen LogP contribution in [0, 0.1) is 5.82 Å². The van der Waals surface area contributed by atoms with E-state index in [0.717, 1.165) is 28.1 Å². The van der Waals surface area contributed by atoms with Crippen LogP contribution in [0.4, 0.5) is 15.9 Å². The van der Waals surface area contributed by atoms with Crippen LogP contribution in [0.15, 0.2) is 36.7 Å². The van der Waals surface area contributed by atoms with Gasteiger partial charge in [-0.25, -0.2) is 14.4 Å². The number of carbonyl (C=O) groups is 1. The molecule has 2 unspecified atom stereocenters.